The lowest BCUT2D eigenvalue weighted by molar-refractivity contribution is 0.0254. The molecule has 15 heteroatoms. The molecule has 4 heterocycles. The second-order valence-corrected chi connectivity index (χ2v) is 16.3. The highest BCUT2D eigenvalue weighted by Crippen LogP contribution is 2.38. The number of hydrogen-bond acceptors (Lipinski definition) is 12. The molecule has 14 nitrogen and oxygen atoms in total. The fourth-order valence-electron chi connectivity index (χ4n) is 5.77. The van der Waals surface area contributed by atoms with Crippen LogP contribution in [0.3, 0.4) is 0 Å². The van der Waals surface area contributed by atoms with Gasteiger partial charge in [-0.05, 0) is 89.1 Å². The fraction of sp³-hybridized carbons (Fsp3) is 0.333. The Hall–Kier alpha value is -5.85. The van der Waals surface area contributed by atoms with E-state index in [0.717, 1.165) is 3.97 Å². The minimum atomic E-state index is -4.34. The quantitative estimate of drug-likeness (QED) is 0.160. The van der Waals surface area contributed by atoms with Crippen molar-refractivity contribution in [2.75, 3.05) is 18.1 Å². The van der Waals surface area contributed by atoms with Crippen molar-refractivity contribution in [1.29, 1.82) is 5.26 Å². The zero-order chi connectivity index (χ0) is 38.8. The molecule has 280 valence electrons. The Morgan fingerprint density at radius 3 is 2.22 bits per heavy atom. The number of anilines is 1. The topological polar surface area (TPSA) is 176 Å². The number of benzene rings is 2. The second-order valence-electron chi connectivity index (χ2n) is 14.5. The molecule has 0 N–H and O–H groups in total. The first kappa shape index (κ1) is 37.9. The number of fused-ring (bicyclic) bond motifs is 1. The van der Waals surface area contributed by atoms with Crippen LogP contribution in [0.2, 0.25) is 0 Å². The van der Waals surface area contributed by atoms with Crippen LogP contribution in [0.1, 0.15) is 59.9 Å². The minimum absolute atomic E-state index is 0.00834. The van der Waals surface area contributed by atoms with Crippen LogP contribution in [0.25, 0.3) is 33.5 Å². The summed E-state index contributed by atoms with van der Waals surface area (Å²) in [5.41, 5.74) is -0.380. The number of carbonyl (C=O) groups excluding carboxylic acids is 2. The van der Waals surface area contributed by atoms with Gasteiger partial charge in [-0.25, -0.2) is 31.9 Å². The molecule has 0 bridgehead atoms. The van der Waals surface area contributed by atoms with Crippen molar-refractivity contribution in [2.24, 2.45) is 0 Å². The van der Waals surface area contributed by atoms with Crippen molar-refractivity contribution in [3.8, 4) is 34.3 Å². The third-order valence-corrected chi connectivity index (χ3v) is 9.80. The van der Waals surface area contributed by atoms with Gasteiger partial charge in [0.05, 0.1) is 41.8 Å². The summed E-state index contributed by atoms with van der Waals surface area (Å²) in [4.78, 5) is 40.9. The van der Waals surface area contributed by atoms with Gasteiger partial charge in [-0.1, -0.05) is 24.3 Å². The third kappa shape index (κ3) is 8.19. The van der Waals surface area contributed by atoms with Gasteiger partial charge in [0.25, 0.3) is 10.0 Å². The van der Waals surface area contributed by atoms with E-state index in [-0.39, 0.29) is 33.9 Å². The van der Waals surface area contributed by atoms with E-state index in [9.17, 15) is 23.3 Å². The van der Waals surface area contributed by atoms with Crippen molar-refractivity contribution in [1.82, 2.24) is 18.9 Å². The highest BCUT2D eigenvalue weighted by molar-refractivity contribution is 7.90. The van der Waals surface area contributed by atoms with Crippen LogP contribution in [-0.2, 0) is 24.2 Å². The van der Waals surface area contributed by atoms with Crippen LogP contribution >= 0.6 is 0 Å². The van der Waals surface area contributed by atoms with E-state index in [4.69, 9.17) is 18.9 Å². The molecule has 2 aromatic carbocycles. The number of imide groups is 1. The summed E-state index contributed by atoms with van der Waals surface area (Å²) in [6.07, 6.45) is 3.17. The average molecular weight is 753 g/mol. The molecule has 0 radical (unpaired) electrons. The summed E-state index contributed by atoms with van der Waals surface area (Å²) in [5, 5.41) is 10.5. The molecule has 0 spiro atoms. The maximum Gasteiger partial charge on any atom is 0.425 e. The first-order valence-corrected chi connectivity index (χ1v) is 18.7. The van der Waals surface area contributed by atoms with Crippen LogP contribution < -0.4 is 9.64 Å². The largest absolute Gasteiger partial charge is 0.489 e. The van der Waals surface area contributed by atoms with Crippen LogP contribution in [-0.4, -0.2) is 70.0 Å². The maximum absolute atomic E-state index is 14.5. The first-order chi connectivity index (χ1) is 25.6. The lowest BCUT2D eigenvalue weighted by Crippen LogP contribution is -2.44. The molecular weight excluding hydrogens is 713 g/mol. The molecule has 2 amide bonds. The summed E-state index contributed by atoms with van der Waals surface area (Å²) >= 11 is 0. The monoisotopic (exact) mass is 752 g/mol. The van der Waals surface area contributed by atoms with Crippen LogP contribution in [0.5, 0.6) is 5.75 Å². The number of rotatable bonds is 7. The average Bonchev–Trinajstić information content (AvgIpc) is 3.52. The van der Waals surface area contributed by atoms with Crippen LogP contribution in [0, 0.1) is 11.3 Å². The zero-order valence-corrected chi connectivity index (χ0v) is 31.6. The lowest BCUT2D eigenvalue weighted by atomic mass is 10.0. The van der Waals surface area contributed by atoms with Gasteiger partial charge in [-0.2, -0.15) is 10.2 Å². The van der Waals surface area contributed by atoms with Crippen LogP contribution in [0.15, 0.2) is 84.1 Å². The molecule has 5 aromatic rings. The second kappa shape index (κ2) is 14.9. The SMILES string of the molecule is CC(C)(C)OC(=O)N(C(=O)OC(C)(C)C)c1cncc(-c2cc3c(-c4ccc(OC5CCOCC5)c(C#N)c4)ccnc3n2S(=O)(=O)c2ccccc2)n1. The van der Waals surface area contributed by atoms with E-state index >= 15 is 0 Å². The molecule has 0 atom stereocenters. The van der Waals surface area contributed by atoms with Crippen molar-refractivity contribution < 1.29 is 37.0 Å². The van der Waals surface area contributed by atoms with E-state index in [1.165, 1.54) is 30.7 Å². The van der Waals surface area contributed by atoms with Crippen LogP contribution in [0.4, 0.5) is 15.4 Å². The molecule has 1 aliphatic rings. The van der Waals surface area contributed by atoms with Crippen molar-refractivity contribution >= 4 is 39.1 Å². The lowest BCUT2D eigenvalue weighted by Gasteiger charge is -2.28. The van der Waals surface area contributed by atoms with Gasteiger partial charge in [0, 0.05) is 24.4 Å². The normalized spacial score (nSPS) is 13.9. The Kier molecular flexibility index (Phi) is 10.4. The van der Waals surface area contributed by atoms with E-state index in [2.05, 4.69) is 21.0 Å². The smallest absolute Gasteiger partial charge is 0.425 e. The van der Waals surface area contributed by atoms with Gasteiger partial charge < -0.3 is 18.9 Å². The number of carbonyl (C=O) groups is 2. The van der Waals surface area contributed by atoms with E-state index in [0.29, 0.717) is 58.8 Å². The predicted octanol–water partition coefficient (Wildman–Crippen LogP) is 7.50. The minimum Gasteiger partial charge on any atom is -0.489 e. The third-order valence-electron chi connectivity index (χ3n) is 8.08. The number of pyridine rings is 1. The van der Waals surface area contributed by atoms with E-state index in [1.54, 1.807) is 90.1 Å². The molecule has 54 heavy (non-hydrogen) atoms. The van der Waals surface area contributed by atoms with E-state index in [1.807, 2.05) is 0 Å². The number of ether oxygens (including phenoxy) is 4. The summed E-state index contributed by atoms with van der Waals surface area (Å²) in [7, 11) is -4.34. The van der Waals surface area contributed by atoms with Crippen molar-refractivity contribution in [3.05, 3.63) is 84.8 Å². The molecular formula is C39H40N6O8S. The van der Waals surface area contributed by atoms with Gasteiger partial charge in [0.2, 0.25) is 0 Å². The Morgan fingerprint density at radius 1 is 0.926 bits per heavy atom. The van der Waals surface area contributed by atoms with Gasteiger partial charge in [0.15, 0.2) is 11.5 Å². The predicted molar refractivity (Wildman–Crippen MR) is 199 cm³/mol. The van der Waals surface area contributed by atoms with Gasteiger partial charge >= 0.3 is 12.2 Å². The standard InChI is InChI=1S/C39H40N6O8S/c1-38(2,3)52-36(46)44(37(47)53-39(4,5)6)34-24-41-23-31(43-34)32-21-30-29(14-17-42-35(30)45(32)54(48,49)28-10-8-7-9-11-28)25-12-13-33(26(20-25)22-40)51-27-15-18-50-19-16-27/h7-14,17,20-21,23-24,27H,15-16,18-19H2,1-6H3. The number of hydrogen-bond donors (Lipinski definition) is 0. The number of nitriles is 1. The molecule has 1 fully saturated rings. The Balaban J connectivity index is 1.53. The van der Waals surface area contributed by atoms with Crippen molar-refractivity contribution in [3.63, 3.8) is 0 Å². The highest BCUT2D eigenvalue weighted by atomic mass is 32.2. The molecule has 1 aliphatic heterocycles. The van der Waals surface area contributed by atoms with Gasteiger partial charge in [-0.3, -0.25) is 4.98 Å². The molecule has 6 rings (SSSR count). The Labute approximate surface area is 313 Å². The zero-order valence-electron chi connectivity index (χ0n) is 30.8. The molecule has 0 unspecified atom stereocenters. The molecule has 0 saturated carbocycles. The summed E-state index contributed by atoms with van der Waals surface area (Å²) in [6, 6.07) is 18.6. The Morgan fingerprint density at radius 2 is 1.59 bits per heavy atom. The van der Waals surface area contributed by atoms with E-state index < -0.39 is 33.4 Å². The molecule has 0 aliphatic carbocycles. The summed E-state index contributed by atoms with van der Waals surface area (Å²) in [6.45, 7) is 11.0. The molecule has 3 aromatic heterocycles. The number of amides is 2. The highest BCUT2D eigenvalue weighted by Gasteiger charge is 2.35. The number of nitrogens with zero attached hydrogens (tertiary/aromatic N) is 6. The van der Waals surface area contributed by atoms with Crippen molar-refractivity contribution in [2.45, 2.75) is 76.6 Å². The first-order valence-electron chi connectivity index (χ1n) is 17.2. The Bertz CT molecular complexity index is 2320. The van der Waals surface area contributed by atoms with Gasteiger partial charge in [0.1, 0.15) is 34.8 Å². The fourth-order valence-corrected chi connectivity index (χ4v) is 7.26. The molecule has 1 saturated heterocycles. The number of aromatic nitrogens is 4. The maximum atomic E-state index is 14.5. The van der Waals surface area contributed by atoms with Gasteiger partial charge in [-0.15, -0.1) is 0 Å². The summed E-state index contributed by atoms with van der Waals surface area (Å²) < 4.78 is 52.7. The summed E-state index contributed by atoms with van der Waals surface area (Å²) in [5.74, 6) is 0.173.